The number of allylic oxidation sites excluding steroid dienone is 2. The Labute approximate surface area is 85.1 Å². The standard InChI is InChI=1S/C11H17N3/c1-4-13-11-8(2)6-5-7-14-9(3)10(11)12/h4-5,7-8,13-14H,1,3,6,12H2,2H3/b7-5+,11-10-. The molecular formula is C11H17N3. The Morgan fingerprint density at radius 2 is 2.43 bits per heavy atom. The van der Waals surface area contributed by atoms with Gasteiger partial charge in [-0.1, -0.05) is 26.2 Å². The van der Waals surface area contributed by atoms with Gasteiger partial charge in [0.15, 0.2) is 0 Å². The fraction of sp³-hybridized carbons (Fsp3) is 0.273. The Hall–Kier alpha value is -1.64. The number of rotatable bonds is 2. The molecule has 0 amide bonds. The molecule has 0 aromatic rings. The van der Waals surface area contributed by atoms with E-state index in [4.69, 9.17) is 5.73 Å². The lowest BCUT2D eigenvalue weighted by molar-refractivity contribution is 0.636. The van der Waals surface area contributed by atoms with Crippen LogP contribution in [0.3, 0.4) is 0 Å². The lowest BCUT2D eigenvalue weighted by Crippen LogP contribution is -2.24. The summed E-state index contributed by atoms with van der Waals surface area (Å²) in [5.74, 6) is 0.350. The fourth-order valence-corrected chi connectivity index (χ4v) is 1.39. The Balaban J connectivity index is 2.99. The average molecular weight is 191 g/mol. The maximum atomic E-state index is 5.94. The zero-order valence-electron chi connectivity index (χ0n) is 8.51. The second-order valence-electron chi connectivity index (χ2n) is 3.34. The molecule has 0 aromatic heterocycles. The van der Waals surface area contributed by atoms with E-state index in [0.29, 0.717) is 11.6 Å². The summed E-state index contributed by atoms with van der Waals surface area (Å²) in [4.78, 5) is 0. The largest absolute Gasteiger partial charge is 0.396 e. The molecular weight excluding hydrogens is 174 g/mol. The van der Waals surface area contributed by atoms with Crippen LogP contribution in [0.25, 0.3) is 0 Å². The third-order valence-electron chi connectivity index (χ3n) is 2.23. The van der Waals surface area contributed by atoms with Crippen molar-refractivity contribution in [1.82, 2.24) is 10.6 Å². The van der Waals surface area contributed by atoms with Gasteiger partial charge in [0, 0.05) is 11.6 Å². The van der Waals surface area contributed by atoms with Crippen molar-refractivity contribution < 1.29 is 0 Å². The van der Waals surface area contributed by atoms with Crippen molar-refractivity contribution in [2.45, 2.75) is 13.3 Å². The topological polar surface area (TPSA) is 50.1 Å². The van der Waals surface area contributed by atoms with Gasteiger partial charge in [-0.15, -0.1) is 0 Å². The van der Waals surface area contributed by atoms with Crippen molar-refractivity contribution in [1.29, 1.82) is 0 Å². The molecule has 1 rings (SSSR count). The molecule has 0 saturated heterocycles. The number of nitrogens with two attached hydrogens (primary N) is 1. The van der Waals surface area contributed by atoms with Crippen LogP contribution in [0.5, 0.6) is 0 Å². The molecule has 3 nitrogen and oxygen atoms in total. The van der Waals surface area contributed by atoms with Crippen LogP contribution in [-0.2, 0) is 0 Å². The smallest absolute Gasteiger partial charge is 0.0745 e. The van der Waals surface area contributed by atoms with Crippen LogP contribution >= 0.6 is 0 Å². The van der Waals surface area contributed by atoms with E-state index in [1.165, 1.54) is 0 Å². The van der Waals surface area contributed by atoms with Gasteiger partial charge in [-0.2, -0.15) is 0 Å². The molecule has 1 unspecified atom stereocenters. The van der Waals surface area contributed by atoms with Crippen LogP contribution in [0.2, 0.25) is 0 Å². The third kappa shape index (κ3) is 2.19. The molecule has 1 atom stereocenters. The van der Waals surface area contributed by atoms with Gasteiger partial charge in [0.05, 0.1) is 11.4 Å². The number of nitrogens with one attached hydrogen (secondary N) is 2. The minimum Gasteiger partial charge on any atom is -0.396 e. The van der Waals surface area contributed by atoms with E-state index in [9.17, 15) is 0 Å². The molecule has 0 aromatic carbocycles. The zero-order chi connectivity index (χ0) is 10.6. The van der Waals surface area contributed by atoms with Crippen LogP contribution in [0.4, 0.5) is 0 Å². The fourth-order valence-electron chi connectivity index (χ4n) is 1.39. The molecule has 3 heteroatoms. The minimum absolute atomic E-state index is 0.350. The van der Waals surface area contributed by atoms with Crippen molar-refractivity contribution in [3.8, 4) is 0 Å². The van der Waals surface area contributed by atoms with Crippen LogP contribution in [-0.4, -0.2) is 0 Å². The average Bonchev–Trinajstić information content (AvgIpc) is 2.18. The van der Waals surface area contributed by atoms with Gasteiger partial charge in [0.2, 0.25) is 0 Å². The summed E-state index contributed by atoms with van der Waals surface area (Å²) >= 11 is 0. The van der Waals surface area contributed by atoms with Crippen LogP contribution in [0.1, 0.15) is 13.3 Å². The summed E-state index contributed by atoms with van der Waals surface area (Å²) in [6.45, 7) is 9.59. The van der Waals surface area contributed by atoms with Gasteiger partial charge in [0.1, 0.15) is 0 Å². The second-order valence-corrected chi connectivity index (χ2v) is 3.34. The summed E-state index contributed by atoms with van der Waals surface area (Å²) in [5.41, 5.74) is 8.30. The Morgan fingerprint density at radius 3 is 3.07 bits per heavy atom. The molecule has 4 N–H and O–H groups in total. The SMILES string of the molecule is C=CN/C1=C(\N)C(=C)N/C=C/CC1C. The maximum absolute atomic E-state index is 5.94. The van der Waals surface area contributed by atoms with Gasteiger partial charge < -0.3 is 16.4 Å². The molecule has 0 fully saturated rings. The first-order valence-corrected chi connectivity index (χ1v) is 4.64. The van der Waals surface area contributed by atoms with Crippen molar-refractivity contribution in [3.63, 3.8) is 0 Å². The highest BCUT2D eigenvalue weighted by atomic mass is 14.9. The van der Waals surface area contributed by atoms with E-state index in [-0.39, 0.29) is 0 Å². The normalized spacial score (nSPS) is 29.8. The van der Waals surface area contributed by atoms with Crippen LogP contribution < -0.4 is 16.4 Å². The molecule has 0 bridgehead atoms. The summed E-state index contributed by atoms with van der Waals surface area (Å²) in [6, 6.07) is 0. The molecule has 14 heavy (non-hydrogen) atoms. The van der Waals surface area contributed by atoms with Gasteiger partial charge in [-0.3, -0.25) is 0 Å². The van der Waals surface area contributed by atoms with Gasteiger partial charge in [-0.25, -0.2) is 0 Å². The molecule has 1 heterocycles. The van der Waals surface area contributed by atoms with Crippen molar-refractivity contribution in [3.05, 3.63) is 48.7 Å². The molecule has 1 aliphatic rings. The monoisotopic (exact) mass is 191 g/mol. The van der Waals surface area contributed by atoms with Gasteiger partial charge >= 0.3 is 0 Å². The summed E-state index contributed by atoms with van der Waals surface area (Å²) in [5, 5.41) is 6.08. The van der Waals surface area contributed by atoms with Crippen LogP contribution in [0, 0.1) is 5.92 Å². The van der Waals surface area contributed by atoms with Crippen molar-refractivity contribution in [2.75, 3.05) is 0 Å². The quantitative estimate of drug-likeness (QED) is 0.620. The highest BCUT2D eigenvalue weighted by Crippen LogP contribution is 2.18. The molecule has 76 valence electrons. The van der Waals surface area contributed by atoms with Gasteiger partial charge in [0.25, 0.3) is 0 Å². The number of hydrogen-bond acceptors (Lipinski definition) is 3. The Kier molecular flexibility index (Phi) is 3.40. The minimum atomic E-state index is 0.350. The highest BCUT2D eigenvalue weighted by Gasteiger charge is 2.13. The third-order valence-corrected chi connectivity index (χ3v) is 2.23. The summed E-state index contributed by atoms with van der Waals surface area (Å²) in [7, 11) is 0. The molecule has 0 radical (unpaired) electrons. The van der Waals surface area contributed by atoms with E-state index in [2.05, 4.69) is 36.8 Å². The van der Waals surface area contributed by atoms with E-state index in [1.54, 1.807) is 6.20 Å². The van der Waals surface area contributed by atoms with Crippen molar-refractivity contribution in [2.24, 2.45) is 11.7 Å². The van der Waals surface area contributed by atoms with Crippen LogP contribution in [0.15, 0.2) is 48.7 Å². The van der Waals surface area contributed by atoms with Crippen molar-refractivity contribution >= 4 is 0 Å². The predicted molar refractivity (Wildman–Crippen MR) is 59.7 cm³/mol. The summed E-state index contributed by atoms with van der Waals surface area (Å²) in [6.07, 6.45) is 6.51. The second kappa shape index (κ2) is 4.56. The lowest BCUT2D eigenvalue weighted by atomic mass is 10.00. The van der Waals surface area contributed by atoms with E-state index < -0.39 is 0 Å². The highest BCUT2D eigenvalue weighted by molar-refractivity contribution is 5.32. The first-order valence-electron chi connectivity index (χ1n) is 4.64. The molecule has 0 spiro atoms. The first kappa shape index (κ1) is 10.4. The van der Waals surface area contributed by atoms with E-state index >= 15 is 0 Å². The molecule has 1 aliphatic heterocycles. The maximum Gasteiger partial charge on any atom is 0.0745 e. The Morgan fingerprint density at radius 1 is 1.71 bits per heavy atom. The number of hydrogen-bond donors (Lipinski definition) is 3. The predicted octanol–water partition coefficient (Wildman–Crippen LogP) is 1.55. The van der Waals surface area contributed by atoms with Gasteiger partial charge in [-0.05, 0) is 18.8 Å². The van der Waals surface area contributed by atoms with E-state index in [0.717, 1.165) is 17.8 Å². The molecule has 0 saturated carbocycles. The summed E-state index contributed by atoms with van der Waals surface area (Å²) < 4.78 is 0. The van der Waals surface area contributed by atoms with E-state index in [1.807, 2.05) is 6.20 Å². The zero-order valence-corrected chi connectivity index (χ0v) is 8.51. The molecule has 0 aliphatic carbocycles. The first-order chi connectivity index (χ1) is 6.66. The lowest BCUT2D eigenvalue weighted by Gasteiger charge is -2.21. The Bertz CT molecular complexity index is 300.